The van der Waals surface area contributed by atoms with Crippen LogP contribution in [0.4, 0.5) is 4.39 Å². The first-order chi connectivity index (χ1) is 10.7. The molecule has 22 heavy (non-hydrogen) atoms. The van der Waals surface area contributed by atoms with Gasteiger partial charge < -0.3 is 14.8 Å². The summed E-state index contributed by atoms with van der Waals surface area (Å²) < 4.78 is 25.7. The maximum Gasteiger partial charge on any atom is 0.177 e. The molecule has 5 heteroatoms. The molecule has 0 unspecified atom stereocenters. The molecule has 0 bridgehead atoms. The monoisotopic (exact) mass is 365 g/mol. The fourth-order valence-electron chi connectivity index (χ4n) is 2.48. The van der Waals surface area contributed by atoms with Crippen LogP contribution in [0.2, 0.25) is 0 Å². The lowest BCUT2D eigenvalue weighted by atomic mass is 10.1. The van der Waals surface area contributed by atoms with Crippen molar-refractivity contribution in [1.29, 1.82) is 0 Å². The lowest BCUT2D eigenvalue weighted by Gasteiger charge is -2.33. The normalized spacial score (nSPS) is 21.7. The Balaban J connectivity index is 1.68. The average Bonchev–Trinajstić information content (AvgIpc) is 2.54. The second kappa shape index (κ2) is 7.33. The summed E-state index contributed by atoms with van der Waals surface area (Å²) in [5.74, 6) is -0.243. The van der Waals surface area contributed by atoms with Gasteiger partial charge in [-0.3, -0.25) is 0 Å². The topological polar surface area (TPSA) is 30.5 Å². The van der Waals surface area contributed by atoms with Gasteiger partial charge in [-0.25, -0.2) is 4.39 Å². The Morgan fingerprint density at radius 3 is 2.82 bits per heavy atom. The van der Waals surface area contributed by atoms with Crippen molar-refractivity contribution in [3.05, 3.63) is 69.9 Å². The molecule has 0 aromatic heterocycles. The summed E-state index contributed by atoms with van der Waals surface area (Å²) in [6.07, 6.45) is -0.391. The number of hydrogen-bond donors (Lipinski definition) is 1. The van der Waals surface area contributed by atoms with Gasteiger partial charge in [0, 0.05) is 11.0 Å². The second-order valence-electron chi connectivity index (χ2n) is 5.16. The molecule has 0 aliphatic carbocycles. The molecule has 116 valence electrons. The minimum atomic E-state index is -0.391. The smallest absolute Gasteiger partial charge is 0.177 e. The van der Waals surface area contributed by atoms with Crippen molar-refractivity contribution in [1.82, 2.24) is 5.32 Å². The molecule has 1 fully saturated rings. The van der Waals surface area contributed by atoms with Gasteiger partial charge >= 0.3 is 0 Å². The van der Waals surface area contributed by atoms with Gasteiger partial charge in [0.2, 0.25) is 0 Å². The van der Waals surface area contributed by atoms with E-state index in [4.69, 9.17) is 9.47 Å². The number of rotatable bonds is 4. The van der Waals surface area contributed by atoms with Gasteiger partial charge in [0.1, 0.15) is 5.82 Å². The van der Waals surface area contributed by atoms with Crippen LogP contribution < -0.4 is 5.32 Å². The molecule has 2 aromatic rings. The Hall–Kier alpha value is -1.27. The van der Waals surface area contributed by atoms with E-state index in [1.807, 2.05) is 24.3 Å². The van der Waals surface area contributed by atoms with E-state index in [1.54, 1.807) is 12.1 Å². The maximum atomic E-state index is 13.1. The molecule has 1 heterocycles. The number of morpholine rings is 1. The third kappa shape index (κ3) is 3.93. The van der Waals surface area contributed by atoms with Crippen LogP contribution >= 0.6 is 15.9 Å². The summed E-state index contributed by atoms with van der Waals surface area (Å²) in [6.45, 7) is 1.81. The van der Waals surface area contributed by atoms with Gasteiger partial charge in [0.15, 0.2) is 6.29 Å². The van der Waals surface area contributed by atoms with Gasteiger partial charge in [0.25, 0.3) is 0 Å². The van der Waals surface area contributed by atoms with E-state index < -0.39 is 6.29 Å². The maximum absolute atomic E-state index is 13.1. The van der Waals surface area contributed by atoms with Crippen LogP contribution in [-0.4, -0.2) is 19.4 Å². The van der Waals surface area contributed by atoms with E-state index in [0.29, 0.717) is 13.2 Å². The summed E-state index contributed by atoms with van der Waals surface area (Å²) in [4.78, 5) is 0. The molecule has 3 rings (SSSR count). The zero-order valence-electron chi connectivity index (χ0n) is 12.0. The highest BCUT2D eigenvalue weighted by atomic mass is 79.9. The van der Waals surface area contributed by atoms with Crippen LogP contribution in [0.5, 0.6) is 0 Å². The van der Waals surface area contributed by atoms with E-state index in [1.165, 1.54) is 12.1 Å². The van der Waals surface area contributed by atoms with Crippen LogP contribution in [0.25, 0.3) is 0 Å². The molecule has 1 N–H and O–H groups in total. The number of ether oxygens (including phenoxy) is 2. The molecule has 0 radical (unpaired) electrons. The predicted octanol–water partition coefficient (Wildman–Crippen LogP) is 3.79. The number of halogens is 2. The third-order valence-corrected chi connectivity index (χ3v) is 4.05. The first kappa shape index (κ1) is 15.6. The van der Waals surface area contributed by atoms with E-state index in [0.717, 1.165) is 22.1 Å². The minimum absolute atomic E-state index is 0.0958. The summed E-state index contributed by atoms with van der Waals surface area (Å²) >= 11 is 3.45. The largest absolute Gasteiger partial charge is 0.349 e. The lowest BCUT2D eigenvalue weighted by Crippen LogP contribution is -2.43. The van der Waals surface area contributed by atoms with Crippen LogP contribution in [0.15, 0.2) is 53.0 Å². The fraction of sp³-hybridized carbons (Fsp3) is 0.294. The number of benzene rings is 2. The van der Waals surface area contributed by atoms with Crippen molar-refractivity contribution < 1.29 is 13.9 Å². The van der Waals surface area contributed by atoms with Crippen LogP contribution in [0.3, 0.4) is 0 Å². The van der Waals surface area contributed by atoms with Gasteiger partial charge in [-0.05, 0) is 35.4 Å². The lowest BCUT2D eigenvalue weighted by molar-refractivity contribution is -0.183. The van der Waals surface area contributed by atoms with E-state index in [-0.39, 0.29) is 11.9 Å². The molecule has 3 nitrogen and oxygen atoms in total. The van der Waals surface area contributed by atoms with Crippen molar-refractivity contribution in [2.24, 2.45) is 0 Å². The highest BCUT2D eigenvalue weighted by Crippen LogP contribution is 2.24. The van der Waals surface area contributed by atoms with Gasteiger partial charge in [-0.1, -0.05) is 40.2 Å². The van der Waals surface area contributed by atoms with Gasteiger partial charge in [-0.2, -0.15) is 0 Å². The zero-order chi connectivity index (χ0) is 15.4. The van der Waals surface area contributed by atoms with Gasteiger partial charge in [-0.15, -0.1) is 0 Å². The van der Waals surface area contributed by atoms with Crippen molar-refractivity contribution in [3.8, 4) is 0 Å². The Morgan fingerprint density at radius 2 is 2.05 bits per heavy atom. The molecule has 1 aliphatic rings. The van der Waals surface area contributed by atoms with Crippen molar-refractivity contribution in [3.63, 3.8) is 0 Å². The van der Waals surface area contributed by atoms with Gasteiger partial charge in [0.05, 0.1) is 19.3 Å². The Bertz CT molecular complexity index is 620. The molecular formula is C17H17BrFNO2. The number of hydrogen-bond acceptors (Lipinski definition) is 3. The summed E-state index contributed by atoms with van der Waals surface area (Å²) in [5.41, 5.74) is 2.03. The Labute approximate surface area is 137 Å². The third-order valence-electron chi connectivity index (χ3n) is 3.55. The first-order valence-electron chi connectivity index (χ1n) is 7.19. The van der Waals surface area contributed by atoms with Crippen molar-refractivity contribution >= 4 is 15.9 Å². The molecule has 0 saturated carbocycles. The van der Waals surface area contributed by atoms with Crippen molar-refractivity contribution in [2.45, 2.75) is 18.9 Å². The summed E-state index contributed by atoms with van der Waals surface area (Å²) in [6, 6.07) is 14.3. The summed E-state index contributed by atoms with van der Waals surface area (Å²) in [5, 5.41) is 3.37. The van der Waals surface area contributed by atoms with E-state index in [9.17, 15) is 4.39 Å². The quantitative estimate of drug-likeness (QED) is 0.893. The van der Waals surface area contributed by atoms with Crippen molar-refractivity contribution in [2.75, 3.05) is 13.2 Å². The SMILES string of the molecule is Fc1ccc([C@@H]2NCCO[C@@H]2OCc2cccc(Br)c2)cc1. The molecule has 0 amide bonds. The molecule has 1 saturated heterocycles. The Morgan fingerprint density at radius 1 is 1.23 bits per heavy atom. The second-order valence-corrected chi connectivity index (χ2v) is 6.08. The average molecular weight is 366 g/mol. The standard InChI is InChI=1S/C17H17BrFNO2/c18-14-3-1-2-12(10-14)11-22-17-16(20-8-9-21-17)13-4-6-15(19)7-5-13/h1-7,10,16-17,20H,8-9,11H2/t16-,17+/m0/s1. The fourth-order valence-corrected chi connectivity index (χ4v) is 2.92. The van der Waals surface area contributed by atoms with E-state index >= 15 is 0 Å². The first-order valence-corrected chi connectivity index (χ1v) is 7.98. The highest BCUT2D eigenvalue weighted by Gasteiger charge is 2.27. The minimum Gasteiger partial charge on any atom is -0.349 e. The number of nitrogens with one attached hydrogen (secondary N) is 1. The molecule has 2 atom stereocenters. The molecule has 0 spiro atoms. The van der Waals surface area contributed by atoms with E-state index in [2.05, 4.69) is 21.2 Å². The Kier molecular flexibility index (Phi) is 5.20. The molecular weight excluding hydrogens is 349 g/mol. The van der Waals surface area contributed by atoms with Crippen LogP contribution in [0.1, 0.15) is 17.2 Å². The van der Waals surface area contributed by atoms with Crippen LogP contribution in [0, 0.1) is 5.82 Å². The molecule has 2 aromatic carbocycles. The van der Waals surface area contributed by atoms with Crippen LogP contribution in [-0.2, 0) is 16.1 Å². The molecule has 1 aliphatic heterocycles. The summed E-state index contributed by atoms with van der Waals surface area (Å²) in [7, 11) is 0. The highest BCUT2D eigenvalue weighted by molar-refractivity contribution is 9.10. The predicted molar refractivity (Wildman–Crippen MR) is 85.8 cm³/mol. The zero-order valence-corrected chi connectivity index (χ0v) is 13.6.